The Morgan fingerprint density at radius 2 is 2.33 bits per heavy atom. The van der Waals surface area contributed by atoms with Crippen LogP contribution in [0.3, 0.4) is 0 Å². The number of rotatable bonds is 5. The van der Waals surface area contributed by atoms with E-state index in [1.54, 1.807) is 6.26 Å². The summed E-state index contributed by atoms with van der Waals surface area (Å²) in [7, 11) is 0. The van der Waals surface area contributed by atoms with Gasteiger partial charge < -0.3 is 9.15 Å². The average molecular weight is 289 g/mol. The highest BCUT2D eigenvalue weighted by molar-refractivity contribution is 5.72. The third-order valence-corrected chi connectivity index (χ3v) is 4.46. The van der Waals surface area contributed by atoms with E-state index in [4.69, 9.17) is 9.15 Å². The first-order valence-corrected chi connectivity index (χ1v) is 7.91. The molecular formula is C17H23NO3. The minimum Gasteiger partial charge on any atom is -0.468 e. The molecule has 0 spiro atoms. The largest absolute Gasteiger partial charge is 0.468 e. The maximum Gasteiger partial charge on any atom is 0.309 e. The Balaban J connectivity index is 1.47. The highest BCUT2D eigenvalue weighted by atomic mass is 16.5. The lowest BCUT2D eigenvalue weighted by Crippen LogP contribution is -2.34. The monoisotopic (exact) mass is 289 g/mol. The van der Waals surface area contributed by atoms with E-state index in [0.29, 0.717) is 12.6 Å². The molecule has 1 saturated heterocycles. The quantitative estimate of drug-likeness (QED) is 0.617. The second kappa shape index (κ2) is 6.94. The molecule has 114 valence electrons. The van der Waals surface area contributed by atoms with Crippen molar-refractivity contribution < 1.29 is 13.9 Å². The van der Waals surface area contributed by atoms with Crippen LogP contribution in [0.2, 0.25) is 0 Å². The molecule has 4 nitrogen and oxygen atoms in total. The summed E-state index contributed by atoms with van der Waals surface area (Å²) in [6.45, 7) is 2.37. The van der Waals surface area contributed by atoms with Gasteiger partial charge in [0, 0.05) is 6.04 Å². The smallest absolute Gasteiger partial charge is 0.309 e. The van der Waals surface area contributed by atoms with Gasteiger partial charge in [0.25, 0.3) is 0 Å². The summed E-state index contributed by atoms with van der Waals surface area (Å²) >= 11 is 0. The molecule has 0 unspecified atom stereocenters. The van der Waals surface area contributed by atoms with Crippen LogP contribution in [0.1, 0.15) is 37.9 Å². The fourth-order valence-corrected chi connectivity index (χ4v) is 3.20. The van der Waals surface area contributed by atoms with E-state index < -0.39 is 0 Å². The number of hydrogen-bond acceptors (Lipinski definition) is 4. The molecule has 1 aliphatic heterocycles. The van der Waals surface area contributed by atoms with Gasteiger partial charge in [0.1, 0.15) is 12.4 Å². The summed E-state index contributed by atoms with van der Waals surface area (Å²) in [5.74, 6) is 1.02. The van der Waals surface area contributed by atoms with Crippen LogP contribution in [0.5, 0.6) is 0 Å². The summed E-state index contributed by atoms with van der Waals surface area (Å²) in [4.78, 5) is 14.4. The highest BCUT2D eigenvalue weighted by Gasteiger charge is 2.28. The van der Waals surface area contributed by atoms with Crippen LogP contribution < -0.4 is 0 Å². The van der Waals surface area contributed by atoms with Crippen LogP contribution in [0.4, 0.5) is 0 Å². The van der Waals surface area contributed by atoms with Gasteiger partial charge in [-0.2, -0.15) is 0 Å². The van der Waals surface area contributed by atoms with Crippen LogP contribution in [-0.2, 0) is 16.1 Å². The van der Waals surface area contributed by atoms with E-state index in [1.165, 1.54) is 0 Å². The molecule has 1 fully saturated rings. The molecule has 2 aliphatic rings. The Morgan fingerprint density at radius 3 is 3.10 bits per heavy atom. The molecule has 0 saturated carbocycles. The van der Waals surface area contributed by atoms with Gasteiger partial charge in [0.2, 0.25) is 0 Å². The zero-order valence-electron chi connectivity index (χ0n) is 12.4. The SMILES string of the molecule is O=C(OC[C@H]1CCCN1Cc1ccco1)[C@@H]1CC=CCC1. The maximum absolute atomic E-state index is 12.1. The minimum absolute atomic E-state index is 0.0239. The summed E-state index contributed by atoms with van der Waals surface area (Å²) in [6, 6.07) is 4.24. The number of esters is 1. The molecule has 1 aromatic heterocycles. The molecule has 4 heteroatoms. The maximum atomic E-state index is 12.1. The molecule has 1 aliphatic carbocycles. The summed E-state index contributed by atoms with van der Waals surface area (Å²) in [6.07, 6.45) is 11.0. The average Bonchev–Trinajstić information content (AvgIpc) is 3.18. The van der Waals surface area contributed by atoms with Crippen LogP contribution >= 0.6 is 0 Å². The van der Waals surface area contributed by atoms with Crippen LogP contribution in [0.15, 0.2) is 35.0 Å². The molecule has 2 atom stereocenters. The third kappa shape index (κ3) is 3.76. The lowest BCUT2D eigenvalue weighted by Gasteiger charge is -2.24. The van der Waals surface area contributed by atoms with Crippen molar-refractivity contribution in [3.05, 3.63) is 36.3 Å². The Kier molecular flexibility index (Phi) is 4.76. The van der Waals surface area contributed by atoms with Crippen molar-refractivity contribution in [2.75, 3.05) is 13.2 Å². The molecule has 0 amide bonds. The second-order valence-corrected chi connectivity index (χ2v) is 5.96. The van der Waals surface area contributed by atoms with E-state index in [-0.39, 0.29) is 11.9 Å². The van der Waals surface area contributed by atoms with Crippen LogP contribution in [0.25, 0.3) is 0 Å². The first-order chi connectivity index (χ1) is 10.3. The zero-order chi connectivity index (χ0) is 14.5. The molecule has 21 heavy (non-hydrogen) atoms. The fraction of sp³-hybridized carbons (Fsp3) is 0.588. The summed E-state index contributed by atoms with van der Waals surface area (Å²) in [5, 5.41) is 0. The predicted octanol–water partition coefficient (Wildman–Crippen LogP) is 3.14. The van der Waals surface area contributed by atoms with Gasteiger partial charge in [-0.25, -0.2) is 0 Å². The second-order valence-electron chi connectivity index (χ2n) is 5.96. The number of carbonyl (C=O) groups excluding carboxylic acids is 1. The van der Waals surface area contributed by atoms with E-state index >= 15 is 0 Å². The molecule has 1 aromatic rings. The van der Waals surface area contributed by atoms with Crippen molar-refractivity contribution >= 4 is 5.97 Å². The zero-order valence-corrected chi connectivity index (χ0v) is 12.4. The van der Waals surface area contributed by atoms with E-state index in [0.717, 1.165) is 51.0 Å². The van der Waals surface area contributed by atoms with E-state index in [1.807, 2.05) is 12.1 Å². The number of allylic oxidation sites excluding steroid dienone is 2. The molecular weight excluding hydrogens is 266 g/mol. The van der Waals surface area contributed by atoms with Crippen molar-refractivity contribution in [2.45, 2.75) is 44.7 Å². The van der Waals surface area contributed by atoms with Gasteiger partial charge in [0.15, 0.2) is 0 Å². The van der Waals surface area contributed by atoms with Crippen LogP contribution in [0, 0.1) is 5.92 Å². The highest BCUT2D eigenvalue weighted by Crippen LogP contribution is 2.23. The Morgan fingerprint density at radius 1 is 1.38 bits per heavy atom. The topological polar surface area (TPSA) is 42.7 Å². The lowest BCUT2D eigenvalue weighted by molar-refractivity contribution is -0.150. The molecule has 2 heterocycles. The van der Waals surface area contributed by atoms with Gasteiger partial charge in [-0.1, -0.05) is 12.2 Å². The Hall–Kier alpha value is -1.55. The number of hydrogen-bond donors (Lipinski definition) is 0. The standard InChI is InChI=1S/C17H23NO3/c19-17(14-6-2-1-3-7-14)21-13-15-8-4-10-18(15)12-16-9-5-11-20-16/h1-2,5,9,11,14-15H,3-4,6-8,10,12-13H2/t14-,15-/m1/s1. The normalized spacial score (nSPS) is 26.1. The summed E-state index contributed by atoms with van der Waals surface area (Å²) in [5.41, 5.74) is 0. The minimum atomic E-state index is -0.0239. The van der Waals surface area contributed by atoms with Crippen molar-refractivity contribution in [3.63, 3.8) is 0 Å². The molecule has 3 rings (SSSR count). The van der Waals surface area contributed by atoms with Crippen molar-refractivity contribution in [3.8, 4) is 0 Å². The number of carbonyl (C=O) groups is 1. The number of likely N-dealkylation sites (tertiary alicyclic amines) is 1. The third-order valence-electron chi connectivity index (χ3n) is 4.46. The molecule has 0 aromatic carbocycles. The number of furan rings is 1. The number of ether oxygens (including phenoxy) is 1. The first kappa shape index (κ1) is 14.4. The Bertz CT molecular complexity index is 480. The lowest BCUT2D eigenvalue weighted by atomic mass is 9.95. The molecule has 0 radical (unpaired) electrons. The van der Waals surface area contributed by atoms with Gasteiger partial charge in [-0.05, 0) is 50.8 Å². The molecule has 0 N–H and O–H groups in total. The van der Waals surface area contributed by atoms with Gasteiger partial charge >= 0.3 is 5.97 Å². The number of nitrogens with zero attached hydrogens (tertiary/aromatic N) is 1. The van der Waals surface area contributed by atoms with Crippen molar-refractivity contribution in [2.24, 2.45) is 5.92 Å². The van der Waals surface area contributed by atoms with Gasteiger partial charge in [0.05, 0.1) is 18.7 Å². The van der Waals surface area contributed by atoms with Crippen molar-refractivity contribution in [1.82, 2.24) is 4.90 Å². The predicted molar refractivity (Wildman–Crippen MR) is 79.6 cm³/mol. The van der Waals surface area contributed by atoms with E-state index in [9.17, 15) is 4.79 Å². The van der Waals surface area contributed by atoms with Gasteiger partial charge in [-0.15, -0.1) is 0 Å². The fourth-order valence-electron chi connectivity index (χ4n) is 3.20. The van der Waals surface area contributed by atoms with E-state index in [2.05, 4.69) is 17.1 Å². The van der Waals surface area contributed by atoms with Crippen molar-refractivity contribution in [1.29, 1.82) is 0 Å². The van der Waals surface area contributed by atoms with Crippen LogP contribution in [-0.4, -0.2) is 30.1 Å². The first-order valence-electron chi connectivity index (χ1n) is 7.91. The summed E-state index contributed by atoms with van der Waals surface area (Å²) < 4.78 is 11.0. The molecule has 0 bridgehead atoms. The van der Waals surface area contributed by atoms with Gasteiger partial charge in [-0.3, -0.25) is 9.69 Å². The Labute approximate surface area is 125 Å².